The highest BCUT2D eigenvalue weighted by molar-refractivity contribution is 5.48. The normalized spacial score (nSPS) is 13.9. The summed E-state index contributed by atoms with van der Waals surface area (Å²) in [6.07, 6.45) is 3.67. The number of hydrogen-bond acceptors (Lipinski definition) is 5. The maximum atomic E-state index is 9.04. The second kappa shape index (κ2) is 4.62. The maximum absolute atomic E-state index is 9.04. The van der Waals surface area contributed by atoms with Crippen molar-refractivity contribution in [1.29, 1.82) is 0 Å². The first-order valence-corrected chi connectivity index (χ1v) is 6.38. The Morgan fingerprint density at radius 3 is 2.89 bits per heavy atom. The van der Waals surface area contributed by atoms with Crippen molar-refractivity contribution in [2.24, 2.45) is 0 Å². The summed E-state index contributed by atoms with van der Waals surface area (Å²) in [5, 5.41) is 13.3. The van der Waals surface area contributed by atoms with Crippen molar-refractivity contribution < 1.29 is 5.11 Å². The Bertz CT molecular complexity index is 607. The largest absolute Gasteiger partial charge is 0.394 e. The molecule has 1 aliphatic rings. The second-order valence-corrected chi connectivity index (χ2v) is 4.84. The SMILES string of the molecule is Cc1cnc(C)c(N2Cc3cnn(CCO)c3C2)n1. The summed E-state index contributed by atoms with van der Waals surface area (Å²) in [5.41, 5.74) is 4.24. The number of nitrogens with zero attached hydrogens (tertiary/aromatic N) is 5. The van der Waals surface area contributed by atoms with E-state index < -0.39 is 0 Å². The van der Waals surface area contributed by atoms with Crippen molar-refractivity contribution in [3.8, 4) is 0 Å². The van der Waals surface area contributed by atoms with E-state index in [0.717, 1.165) is 36.0 Å². The predicted octanol–water partition coefficient (Wildman–Crippen LogP) is 0.802. The fourth-order valence-electron chi connectivity index (χ4n) is 2.47. The van der Waals surface area contributed by atoms with Gasteiger partial charge in [0, 0.05) is 18.3 Å². The quantitative estimate of drug-likeness (QED) is 0.883. The highest BCUT2D eigenvalue weighted by Gasteiger charge is 2.25. The van der Waals surface area contributed by atoms with Crippen LogP contribution in [0.15, 0.2) is 12.4 Å². The van der Waals surface area contributed by atoms with E-state index in [1.54, 1.807) is 6.20 Å². The molecule has 1 aliphatic heterocycles. The summed E-state index contributed by atoms with van der Waals surface area (Å²) >= 11 is 0. The predicted molar refractivity (Wildman–Crippen MR) is 70.7 cm³/mol. The Morgan fingerprint density at radius 2 is 2.11 bits per heavy atom. The Hall–Kier alpha value is -1.95. The summed E-state index contributed by atoms with van der Waals surface area (Å²) < 4.78 is 1.87. The molecule has 2 aromatic rings. The number of aliphatic hydroxyl groups excluding tert-OH is 1. The molecule has 2 aromatic heterocycles. The van der Waals surface area contributed by atoms with Crippen LogP contribution in [0.25, 0.3) is 0 Å². The summed E-state index contributed by atoms with van der Waals surface area (Å²) in [6.45, 7) is 6.16. The zero-order chi connectivity index (χ0) is 13.4. The van der Waals surface area contributed by atoms with Gasteiger partial charge in [-0.25, -0.2) is 4.98 Å². The molecule has 0 fully saturated rings. The minimum Gasteiger partial charge on any atom is -0.394 e. The van der Waals surface area contributed by atoms with Crippen LogP contribution in [0.2, 0.25) is 0 Å². The topological polar surface area (TPSA) is 67.1 Å². The van der Waals surface area contributed by atoms with Gasteiger partial charge in [-0.15, -0.1) is 0 Å². The first kappa shape index (κ1) is 12.1. The minimum atomic E-state index is 0.109. The lowest BCUT2D eigenvalue weighted by Gasteiger charge is -2.19. The lowest BCUT2D eigenvalue weighted by atomic mass is 10.3. The molecule has 3 rings (SSSR count). The molecule has 0 bridgehead atoms. The van der Waals surface area contributed by atoms with Crippen LogP contribution in [-0.4, -0.2) is 31.5 Å². The van der Waals surface area contributed by atoms with Gasteiger partial charge in [-0.2, -0.15) is 5.10 Å². The zero-order valence-corrected chi connectivity index (χ0v) is 11.2. The molecule has 19 heavy (non-hydrogen) atoms. The maximum Gasteiger partial charge on any atom is 0.150 e. The molecule has 0 amide bonds. The molecule has 0 atom stereocenters. The van der Waals surface area contributed by atoms with Crippen LogP contribution in [0.4, 0.5) is 5.82 Å². The van der Waals surface area contributed by atoms with Gasteiger partial charge in [-0.3, -0.25) is 9.67 Å². The fraction of sp³-hybridized carbons (Fsp3) is 0.462. The van der Waals surface area contributed by atoms with Gasteiger partial charge < -0.3 is 10.0 Å². The van der Waals surface area contributed by atoms with E-state index in [9.17, 15) is 0 Å². The average molecular weight is 259 g/mol. The van der Waals surface area contributed by atoms with Crippen molar-refractivity contribution in [3.05, 3.63) is 35.0 Å². The van der Waals surface area contributed by atoms with Crippen LogP contribution in [-0.2, 0) is 19.6 Å². The molecule has 100 valence electrons. The Kier molecular flexibility index (Phi) is 2.94. The van der Waals surface area contributed by atoms with Gasteiger partial charge in [0.25, 0.3) is 0 Å². The van der Waals surface area contributed by atoms with E-state index in [4.69, 9.17) is 5.11 Å². The summed E-state index contributed by atoms with van der Waals surface area (Å²) in [4.78, 5) is 11.1. The molecule has 1 N–H and O–H groups in total. The Balaban J connectivity index is 1.89. The number of aromatic nitrogens is 4. The fourth-order valence-corrected chi connectivity index (χ4v) is 2.47. The van der Waals surface area contributed by atoms with E-state index in [2.05, 4.69) is 20.0 Å². The van der Waals surface area contributed by atoms with Crippen molar-refractivity contribution in [1.82, 2.24) is 19.7 Å². The monoisotopic (exact) mass is 259 g/mol. The standard InChI is InChI=1S/C13H17N5O/c1-9-5-14-10(2)13(16-9)17-7-11-6-15-18(3-4-19)12(11)8-17/h5-6,19H,3-4,7-8H2,1-2H3. The molecular formula is C13H17N5O. The number of fused-ring (bicyclic) bond motifs is 1. The summed E-state index contributed by atoms with van der Waals surface area (Å²) in [7, 11) is 0. The zero-order valence-electron chi connectivity index (χ0n) is 11.2. The molecule has 6 heteroatoms. The molecule has 0 saturated carbocycles. The molecule has 0 aromatic carbocycles. The number of hydrogen-bond donors (Lipinski definition) is 1. The smallest absolute Gasteiger partial charge is 0.150 e. The first-order valence-electron chi connectivity index (χ1n) is 6.38. The second-order valence-electron chi connectivity index (χ2n) is 4.84. The molecule has 0 aliphatic carbocycles. The number of aryl methyl sites for hydroxylation is 2. The van der Waals surface area contributed by atoms with Crippen molar-refractivity contribution in [3.63, 3.8) is 0 Å². The van der Waals surface area contributed by atoms with Crippen LogP contribution in [0.3, 0.4) is 0 Å². The minimum absolute atomic E-state index is 0.109. The third-order valence-corrected chi connectivity index (χ3v) is 3.40. The van der Waals surface area contributed by atoms with E-state index in [1.807, 2.05) is 24.7 Å². The van der Waals surface area contributed by atoms with Gasteiger partial charge in [-0.05, 0) is 13.8 Å². The van der Waals surface area contributed by atoms with Crippen LogP contribution in [0, 0.1) is 13.8 Å². The van der Waals surface area contributed by atoms with Crippen molar-refractivity contribution >= 4 is 5.82 Å². The lowest BCUT2D eigenvalue weighted by molar-refractivity contribution is 0.267. The molecule has 3 heterocycles. The van der Waals surface area contributed by atoms with Crippen molar-refractivity contribution in [2.45, 2.75) is 33.5 Å². The third-order valence-electron chi connectivity index (χ3n) is 3.40. The average Bonchev–Trinajstić information content (AvgIpc) is 2.95. The van der Waals surface area contributed by atoms with Gasteiger partial charge in [0.1, 0.15) is 0 Å². The van der Waals surface area contributed by atoms with Crippen LogP contribution in [0.1, 0.15) is 22.6 Å². The molecule has 0 radical (unpaired) electrons. The van der Waals surface area contributed by atoms with Crippen LogP contribution >= 0.6 is 0 Å². The Labute approximate surface area is 111 Å². The molecule has 0 spiro atoms. The van der Waals surface area contributed by atoms with Gasteiger partial charge in [0.2, 0.25) is 0 Å². The lowest BCUT2D eigenvalue weighted by Crippen LogP contribution is -2.20. The van der Waals surface area contributed by atoms with E-state index in [1.165, 1.54) is 5.56 Å². The number of anilines is 1. The summed E-state index contributed by atoms with van der Waals surface area (Å²) in [6, 6.07) is 0. The highest BCUT2D eigenvalue weighted by Crippen LogP contribution is 2.28. The van der Waals surface area contributed by atoms with Crippen LogP contribution in [0.5, 0.6) is 0 Å². The van der Waals surface area contributed by atoms with E-state index in [0.29, 0.717) is 6.54 Å². The van der Waals surface area contributed by atoms with E-state index >= 15 is 0 Å². The first-order chi connectivity index (χ1) is 9.19. The van der Waals surface area contributed by atoms with Gasteiger partial charge in [0.15, 0.2) is 5.82 Å². The number of rotatable bonds is 3. The Morgan fingerprint density at radius 1 is 1.26 bits per heavy atom. The molecule has 0 saturated heterocycles. The van der Waals surface area contributed by atoms with Gasteiger partial charge in [-0.1, -0.05) is 0 Å². The molecule has 6 nitrogen and oxygen atoms in total. The van der Waals surface area contributed by atoms with E-state index in [-0.39, 0.29) is 6.61 Å². The van der Waals surface area contributed by atoms with Gasteiger partial charge >= 0.3 is 0 Å². The highest BCUT2D eigenvalue weighted by atomic mass is 16.3. The molecular weight excluding hydrogens is 242 g/mol. The van der Waals surface area contributed by atoms with Crippen molar-refractivity contribution in [2.75, 3.05) is 11.5 Å². The van der Waals surface area contributed by atoms with Crippen LogP contribution < -0.4 is 4.90 Å². The summed E-state index contributed by atoms with van der Waals surface area (Å²) in [5.74, 6) is 0.937. The number of aliphatic hydroxyl groups is 1. The molecule has 0 unspecified atom stereocenters. The third kappa shape index (κ3) is 2.08. The van der Waals surface area contributed by atoms with Gasteiger partial charge in [0.05, 0.1) is 43.0 Å².